The zero-order valence-electron chi connectivity index (χ0n) is 14.3. The quantitative estimate of drug-likeness (QED) is 0.642. The van der Waals surface area contributed by atoms with E-state index in [-0.39, 0.29) is 11.8 Å². The fourth-order valence-electron chi connectivity index (χ4n) is 2.12. The van der Waals surface area contributed by atoms with E-state index in [9.17, 15) is 9.59 Å². The molecule has 0 spiro atoms. The highest BCUT2D eigenvalue weighted by atomic mass is 16.5. The molecule has 0 unspecified atom stereocenters. The zero-order valence-corrected chi connectivity index (χ0v) is 14.3. The van der Waals surface area contributed by atoms with Crippen LogP contribution in [0.3, 0.4) is 0 Å². The average Bonchev–Trinajstić information content (AvgIpc) is 2.60. The van der Waals surface area contributed by atoms with Crippen LogP contribution in [0.5, 0.6) is 0 Å². The lowest BCUT2D eigenvalue weighted by Crippen LogP contribution is -2.14. The summed E-state index contributed by atoms with van der Waals surface area (Å²) >= 11 is 0. The van der Waals surface area contributed by atoms with Gasteiger partial charge in [-0.1, -0.05) is 0 Å². The first kappa shape index (κ1) is 18.4. The highest BCUT2D eigenvalue weighted by molar-refractivity contribution is 6.03. The summed E-state index contributed by atoms with van der Waals surface area (Å²) in [5.74, 6) is -0.435. The summed E-state index contributed by atoms with van der Waals surface area (Å²) in [7, 11) is 1.67. The molecule has 0 aliphatic heterocycles. The lowest BCUT2D eigenvalue weighted by Gasteiger charge is -2.08. The van der Waals surface area contributed by atoms with Crippen LogP contribution in [0.15, 0.2) is 42.6 Å². The minimum Gasteiger partial charge on any atom is -0.385 e. The molecule has 2 amide bonds. The van der Waals surface area contributed by atoms with E-state index in [4.69, 9.17) is 4.74 Å². The third kappa shape index (κ3) is 6.23. The van der Waals surface area contributed by atoms with Crippen molar-refractivity contribution in [2.45, 2.75) is 13.3 Å². The summed E-state index contributed by atoms with van der Waals surface area (Å²) in [5, 5.41) is 8.64. The summed E-state index contributed by atoms with van der Waals surface area (Å²) in [5.41, 5.74) is 2.48. The van der Waals surface area contributed by atoms with Crippen LogP contribution >= 0.6 is 0 Å². The number of hydrogen-bond donors (Lipinski definition) is 3. The van der Waals surface area contributed by atoms with Crippen molar-refractivity contribution in [1.82, 2.24) is 4.98 Å². The number of amides is 2. The van der Waals surface area contributed by atoms with Crippen LogP contribution in [0, 0.1) is 0 Å². The molecule has 3 N–H and O–H groups in total. The van der Waals surface area contributed by atoms with Gasteiger partial charge in [0.1, 0.15) is 5.69 Å². The van der Waals surface area contributed by atoms with Crippen LogP contribution in [0.2, 0.25) is 0 Å². The Labute approximate surface area is 146 Å². The molecule has 1 heterocycles. The van der Waals surface area contributed by atoms with Gasteiger partial charge in [0.25, 0.3) is 5.91 Å². The number of pyridine rings is 1. The molecule has 2 rings (SSSR count). The average molecular weight is 342 g/mol. The molecule has 25 heavy (non-hydrogen) atoms. The Morgan fingerprint density at radius 1 is 1.00 bits per heavy atom. The Bertz CT molecular complexity index is 699. The van der Waals surface area contributed by atoms with Gasteiger partial charge in [-0.25, -0.2) is 4.98 Å². The van der Waals surface area contributed by atoms with Gasteiger partial charge >= 0.3 is 0 Å². The first-order chi connectivity index (χ1) is 12.1. The van der Waals surface area contributed by atoms with E-state index in [1.165, 1.54) is 6.92 Å². The van der Waals surface area contributed by atoms with Gasteiger partial charge in [-0.3, -0.25) is 9.59 Å². The van der Waals surface area contributed by atoms with Crippen molar-refractivity contribution in [3.63, 3.8) is 0 Å². The number of rotatable bonds is 8. The minimum absolute atomic E-state index is 0.142. The van der Waals surface area contributed by atoms with Crippen molar-refractivity contribution in [2.24, 2.45) is 0 Å². The first-order valence-electron chi connectivity index (χ1n) is 7.96. The molecule has 1 aromatic carbocycles. The number of ether oxygens (including phenoxy) is 1. The zero-order chi connectivity index (χ0) is 18.1. The van der Waals surface area contributed by atoms with E-state index >= 15 is 0 Å². The van der Waals surface area contributed by atoms with Crippen molar-refractivity contribution >= 4 is 28.9 Å². The molecule has 0 aliphatic carbocycles. The number of hydrogen-bond acceptors (Lipinski definition) is 5. The van der Waals surface area contributed by atoms with Crippen molar-refractivity contribution < 1.29 is 14.3 Å². The summed E-state index contributed by atoms with van der Waals surface area (Å²) in [4.78, 5) is 27.4. The molecular formula is C18H22N4O3. The normalized spacial score (nSPS) is 10.2. The van der Waals surface area contributed by atoms with Crippen LogP contribution in [0.1, 0.15) is 23.8 Å². The van der Waals surface area contributed by atoms with E-state index < -0.39 is 0 Å². The van der Waals surface area contributed by atoms with Crippen LogP contribution in [0.4, 0.5) is 17.1 Å². The molecule has 0 saturated heterocycles. The first-order valence-corrected chi connectivity index (χ1v) is 7.96. The van der Waals surface area contributed by atoms with Gasteiger partial charge in [0, 0.05) is 38.6 Å². The standard InChI is InChI=1S/C18H22N4O3/c1-13(23)21-14-4-6-15(7-5-14)22-18(24)17-9-8-16(12-20-17)19-10-3-11-25-2/h4-9,12,19H,3,10-11H2,1-2H3,(H,21,23)(H,22,24). The summed E-state index contributed by atoms with van der Waals surface area (Å²) in [6, 6.07) is 10.4. The monoisotopic (exact) mass is 342 g/mol. The predicted octanol–water partition coefficient (Wildman–Crippen LogP) is 2.74. The van der Waals surface area contributed by atoms with Crippen LogP contribution in [-0.4, -0.2) is 37.1 Å². The Morgan fingerprint density at radius 3 is 2.20 bits per heavy atom. The number of carbonyl (C=O) groups is 2. The van der Waals surface area contributed by atoms with E-state index in [0.717, 1.165) is 18.7 Å². The third-order valence-corrected chi connectivity index (χ3v) is 3.31. The summed E-state index contributed by atoms with van der Waals surface area (Å²) < 4.78 is 4.98. The Kier molecular flexibility index (Phi) is 6.91. The molecule has 0 fully saturated rings. The van der Waals surface area contributed by atoms with Gasteiger partial charge in [-0.15, -0.1) is 0 Å². The third-order valence-electron chi connectivity index (χ3n) is 3.31. The Morgan fingerprint density at radius 2 is 1.64 bits per heavy atom. The summed E-state index contributed by atoms with van der Waals surface area (Å²) in [6.07, 6.45) is 2.52. The smallest absolute Gasteiger partial charge is 0.274 e. The fraction of sp³-hybridized carbons (Fsp3) is 0.278. The molecule has 2 aromatic rings. The Balaban J connectivity index is 1.88. The van der Waals surface area contributed by atoms with E-state index in [1.54, 1.807) is 43.6 Å². The van der Waals surface area contributed by atoms with Crippen molar-refractivity contribution in [3.8, 4) is 0 Å². The van der Waals surface area contributed by atoms with Gasteiger partial charge in [-0.05, 0) is 42.8 Å². The Hall–Kier alpha value is -2.93. The molecule has 132 valence electrons. The van der Waals surface area contributed by atoms with Crippen molar-refractivity contribution in [2.75, 3.05) is 36.2 Å². The number of aromatic nitrogens is 1. The van der Waals surface area contributed by atoms with Crippen LogP contribution in [-0.2, 0) is 9.53 Å². The molecule has 0 radical (unpaired) electrons. The van der Waals surface area contributed by atoms with Crippen LogP contribution in [0.25, 0.3) is 0 Å². The highest BCUT2D eigenvalue weighted by Gasteiger charge is 2.08. The second-order valence-electron chi connectivity index (χ2n) is 5.42. The van der Waals surface area contributed by atoms with Crippen LogP contribution < -0.4 is 16.0 Å². The SMILES string of the molecule is COCCCNc1ccc(C(=O)Nc2ccc(NC(C)=O)cc2)nc1. The number of nitrogens with zero attached hydrogens (tertiary/aromatic N) is 1. The van der Waals surface area contributed by atoms with Gasteiger partial charge in [-0.2, -0.15) is 0 Å². The number of anilines is 3. The fourth-order valence-corrected chi connectivity index (χ4v) is 2.12. The molecule has 0 aliphatic rings. The molecule has 0 atom stereocenters. The number of carbonyl (C=O) groups excluding carboxylic acids is 2. The van der Waals surface area contributed by atoms with E-state index in [0.29, 0.717) is 23.7 Å². The maximum atomic E-state index is 12.2. The second-order valence-corrected chi connectivity index (χ2v) is 5.42. The summed E-state index contributed by atoms with van der Waals surface area (Å²) in [6.45, 7) is 2.92. The molecule has 7 nitrogen and oxygen atoms in total. The molecule has 7 heteroatoms. The molecule has 1 aromatic heterocycles. The topological polar surface area (TPSA) is 92.4 Å². The van der Waals surface area contributed by atoms with Gasteiger partial charge < -0.3 is 20.7 Å². The largest absolute Gasteiger partial charge is 0.385 e. The van der Waals surface area contributed by atoms with Gasteiger partial charge in [0.2, 0.25) is 5.91 Å². The van der Waals surface area contributed by atoms with E-state index in [2.05, 4.69) is 20.9 Å². The maximum Gasteiger partial charge on any atom is 0.274 e. The number of nitrogens with one attached hydrogen (secondary N) is 3. The van der Waals surface area contributed by atoms with E-state index in [1.807, 2.05) is 6.07 Å². The molecule has 0 bridgehead atoms. The lowest BCUT2D eigenvalue weighted by molar-refractivity contribution is -0.114. The molecular weight excluding hydrogens is 320 g/mol. The maximum absolute atomic E-state index is 12.2. The highest BCUT2D eigenvalue weighted by Crippen LogP contribution is 2.15. The van der Waals surface area contributed by atoms with Gasteiger partial charge in [0.15, 0.2) is 0 Å². The second kappa shape index (κ2) is 9.39. The van der Waals surface area contributed by atoms with Crippen molar-refractivity contribution in [3.05, 3.63) is 48.3 Å². The molecule has 0 saturated carbocycles. The number of benzene rings is 1. The van der Waals surface area contributed by atoms with Crippen molar-refractivity contribution in [1.29, 1.82) is 0 Å². The lowest BCUT2D eigenvalue weighted by atomic mass is 10.2. The number of methoxy groups -OCH3 is 1. The van der Waals surface area contributed by atoms with Gasteiger partial charge in [0.05, 0.1) is 11.9 Å². The predicted molar refractivity (Wildman–Crippen MR) is 97.9 cm³/mol. The minimum atomic E-state index is -0.293.